The fraction of sp³-hybridized carbons (Fsp3) is 0.321. The van der Waals surface area contributed by atoms with E-state index < -0.39 is 0 Å². The molecule has 0 heterocycles. The molecule has 3 nitrogen and oxygen atoms in total. The molecule has 0 fully saturated rings. The molecule has 0 aromatic heterocycles. The molecule has 0 aliphatic heterocycles. The lowest BCUT2D eigenvalue weighted by molar-refractivity contribution is -0.143. The number of esters is 1. The topological polar surface area (TPSA) is 38.3 Å². The maximum absolute atomic E-state index is 11.6. The van der Waals surface area contributed by atoms with Gasteiger partial charge >= 0.3 is 5.97 Å². The van der Waals surface area contributed by atoms with E-state index in [1.165, 1.54) is 16.7 Å². The van der Waals surface area contributed by atoms with Crippen LogP contribution in [0.2, 0.25) is 10.0 Å². The van der Waals surface area contributed by atoms with Crippen LogP contribution in [0.3, 0.4) is 0 Å². The van der Waals surface area contributed by atoms with Gasteiger partial charge < -0.3 is 10.1 Å². The van der Waals surface area contributed by atoms with Gasteiger partial charge in [0.15, 0.2) is 0 Å². The van der Waals surface area contributed by atoms with Gasteiger partial charge in [0.05, 0.1) is 16.7 Å². The Bertz CT molecular complexity index is 1020. The summed E-state index contributed by atoms with van der Waals surface area (Å²) in [5.74, 6) is 0.0884. The molecule has 0 aliphatic rings. The second kappa shape index (κ2) is 12.8. The van der Waals surface area contributed by atoms with Gasteiger partial charge in [0.25, 0.3) is 0 Å². The quantitative estimate of drug-likeness (QED) is 0.229. The first kappa shape index (κ1) is 25.3. The molecular formula is C28H31Cl2NO2. The maximum atomic E-state index is 11.6. The number of halogens is 2. The molecule has 0 amide bonds. The van der Waals surface area contributed by atoms with Crippen LogP contribution in [0.1, 0.15) is 43.7 Å². The molecule has 174 valence electrons. The fourth-order valence-electron chi connectivity index (χ4n) is 4.00. The van der Waals surface area contributed by atoms with Gasteiger partial charge in [-0.25, -0.2) is 0 Å². The Morgan fingerprint density at radius 3 is 2.30 bits per heavy atom. The second-order valence-electron chi connectivity index (χ2n) is 8.20. The zero-order valence-corrected chi connectivity index (χ0v) is 20.7. The largest absolute Gasteiger partial charge is 0.466 e. The second-order valence-corrected chi connectivity index (χ2v) is 9.01. The number of hydrogen-bond donors (Lipinski definition) is 1. The van der Waals surface area contributed by atoms with Crippen LogP contribution in [0.25, 0.3) is 11.1 Å². The molecule has 1 N–H and O–H groups in total. The Labute approximate surface area is 207 Å². The summed E-state index contributed by atoms with van der Waals surface area (Å²) >= 11 is 12.4. The molecule has 3 rings (SSSR count). The molecule has 0 radical (unpaired) electrons. The minimum absolute atomic E-state index is 0.143. The van der Waals surface area contributed by atoms with Crippen molar-refractivity contribution in [3.05, 3.63) is 94.0 Å². The Hall–Kier alpha value is -2.33. The van der Waals surface area contributed by atoms with Crippen LogP contribution < -0.4 is 5.32 Å². The van der Waals surface area contributed by atoms with Crippen molar-refractivity contribution in [1.29, 1.82) is 0 Å². The van der Waals surface area contributed by atoms with Crippen molar-refractivity contribution in [1.82, 2.24) is 5.32 Å². The molecule has 0 aliphatic carbocycles. The van der Waals surface area contributed by atoms with Crippen LogP contribution in [0.4, 0.5) is 0 Å². The number of nitrogens with one attached hydrogen (secondary N) is 1. The summed E-state index contributed by atoms with van der Waals surface area (Å²) in [6.45, 7) is 5.19. The average molecular weight is 484 g/mol. The lowest BCUT2D eigenvalue weighted by Gasteiger charge is -2.26. The maximum Gasteiger partial charge on any atom is 0.305 e. The molecule has 0 saturated heterocycles. The van der Waals surface area contributed by atoms with E-state index in [1.807, 2.05) is 31.2 Å². The van der Waals surface area contributed by atoms with Crippen LogP contribution in [0.5, 0.6) is 0 Å². The van der Waals surface area contributed by atoms with E-state index in [2.05, 4.69) is 60.8 Å². The van der Waals surface area contributed by atoms with Crippen LogP contribution >= 0.6 is 23.2 Å². The first-order valence-corrected chi connectivity index (χ1v) is 12.2. The highest BCUT2D eigenvalue weighted by Crippen LogP contribution is 2.30. The third-order valence-electron chi connectivity index (χ3n) is 5.82. The fourth-order valence-corrected chi connectivity index (χ4v) is 4.32. The van der Waals surface area contributed by atoms with Crippen LogP contribution in [-0.2, 0) is 16.0 Å². The molecular weight excluding hydrogens is 453 g/mol. The first-order valence-electron chi connectivity index (χ1n) is 11.5. The van der Waals surface area contributed by atoms with Gasteiger partial charge in [-0.15, -0.1) is 0 Å². The molecule has 3 aromatic rings. The molecule has 2 unspecified atom stereocenters. The van der Waals surface area contributed by atoms with Crippen molar-refractivity contribution in [2.75, 3.05) is 13.2 Å². The predicted octanol–water partition coefficient (Wildman–Crippen LogP) is 7.31. The lowest BCUT2D eigenvalue weighted by atomic mass is 9.85. The first-order chi connectivity index (χ1) is 16.0. The summed E-state index contributed by atoms with van der Waals surface area (Å²) < 4.78 is 5.02. The third-order valence-corrected chi connectivity index (χ3v) is 6.56. The van der Waals surface area contributed by atoms with Crippen LogP contribution in [0.15, 0.2) is 72.8 Å². The van der Waals surface area contributed by atoms with E-state index in [0.29, 0.717) is 23.1 Å². The summed E-state index contributed by atoms with van der Waals surface area (Å²) in [6.07, 6.45) is 2.00. The molecule has 33 heavy (non-hydrogen) atoms. The Morgan fingerprint density at radius 1 is 0.939 bits per heavy atom. The summed E-state index contributed by atoms with van der Waals surface area (Å²) in [7, 11) is 0. The number of hydrogen-bond acceptors (Lipinski definition) is 3. The Kier molecular flexibility index (Phi) is 9.80. The number of carbonyl (C=O) groups excluding carboxylic acids is 1. The van der Waals surface area contributed by atoms with Gasteiger partial charge in [-0.2, -0.15) is 0 Å². The molecule has 3 aromatic carbocycles. The average Bonchev–Trinajstić information content (AvgIpc) is 2.83. The number of carbonyl (C=O) groups is 1. The van der Waals surface area contributed by atoms with Crippen LogP contribution in [0, 0.1) is 0 Å². The van der Waals surface area contributed by atoms with E-state index in [-0.39, 0.29) is 17.9 Å². The van der Waals surface area contributed by atoms with Crippen LogP contribution in [-0.4, -0.2) is 25.2 Å². The van der Waals surface area contributed by atoms with E-state index in [4.69, 9.17) is 27.9 Å². The highest BCUT2D eigenvalue weighted by atomic mass is 35.5. The van der Waals surface area contributed by atoms with Gasteiger partial charge in [-0.3, -0.25) is 4.79 Å². The summed E-state index contributed by atoms with van der Waals surface area (Å²) in [6, 6.07) is 25.2. The summed E-state index contributed by atoms with van der Waals surface area (Å²) in [4.78, 5) is 11.6. The standard InChI is InChI=1S/C28H31Cl2NO2/c1-3-33-28(32)10-7-17-31-20(2)25(18-21-11-16-26(29)27(30)19-21)24-14-12-23(13-15-24)22-8-5-4-6-9-22/h4-6,8-9,11-16,19-20,25,31H,3,7,10,17-18H2,1-2H3. The highest BCUT2D eigenvalue weighted by Gasteiger charge is 2.20. The number of rotatable bonds is 11. The number of ether oxygens (including phenoxy) is 1. The van der Waals surface area contributed by atoms with Gasteiger partial charge in [0.2, 0.25) is 0 Å². The zero-order chi connectivity index (χ0) is 23.6. The van der Waals surface area contributed by atoms with Gasteiger partial charge in [0.1, 0.15) is 0 Å². The molecule has 2 atom stereocenters. The SMILES string of the molecule is CCOC(=O)CCCNC(C)C(Cc1ccc(Cl)c(Cl)c1)c1ccc(-c2ccccc2)cc1. The number of benzene rings is 3. The van der Waals surface area contributed by atoms with Crippen molar-refractivity contribution in [2.45, 2.75) is 45.1 Å². The third kappa shape index (κ3) is 7.60. The molecule has 0 saturated carbocycles. The smallest absolute Gasteiger partial charge is 0.305 e. The predicted molar refractivity (Wildman–Crippen MR) is 138 cm³/mol. The van der Waals surface area contributed by atoms with Gasteiger partial charge in [0, 0.05) is 18.4 Å². The van der Waals surface area contributed by atoms with Crippen molar-refractivity contribution in [3.63, 3.8) is 0 Å². The van der Waals surface area contributed by atoms with Crippen molar-refractivity contribution in [2.24, 2.45) is 0 Å². The van der Waals surface area contributed by atoms with E-state index in [9.17, 15) is 4.79 Å². The Balaban J connectivity index is 1.74. The lowest BCUT2D eigenvalue weighted by Crippen LogP contribution is -2.34. The van der Waals surface area contributed by atoms with Gasteiger partial charge in [-0.05, 0) is 67.6 Å². The van der Waals surface area contributed by atoms with Gasteiger partial charge in [-0.1, -0.05) is 83.9 Å². The Morgan fingerprint density at radius 2 is 1.64 bits per heavy atom. The summed E-state index contributed by atoms with van der Waals surface area (Å²) in [5.41, 5.74) is 4.80. The monoisotopic (exact) mass is 483 g/mol. The van der Waals surface area contributed by atoms with E-state index in [0.717, 1.165) is 24.9 Å². The summed E-state index contributed by atoms with van der Waals surface area (Å²) in [5, 5.41) is 4.74. The van der Waals surface area contributed by atoms with Crippen molar-refractivity contribution < 1.29 is 9.53 Å². The zero-order valence-electron chi connectivity index (χ0n) is 19.2. The highest BCUT2D eigenvalue weighted by molar-refractivity contribution is 6.42. The normalized spacial score (nSPS) is 12.8. The minimum Gasteiger partial charge on any atom is -0.466 e. The van der Waals surface area contributed by atoms with Crippen molar-refractivity contribution >= 4 is 29.2 Å². The van der Waals surface area contributed by atoms with E-state index in [1.54, 1.807) is 0 Å². The molecule has 0 bridgehead atoms. The minimum atomic E-state index is -0.143. The molecule has 0 spiro atoms. The van der Waals surface area contributed by atoms with E-state index >= 15 is 0 Å². The molecule has 5 heteroatoms. The van der Waals surface area contributed by atoms with Crippen molar-refractivity contribution in [3.8, 4) is 11.1 Å².